The SMILES string of the molecule is CC.CC.CC.CC.CC.CC.CC.CC.CC.CC.CCC.CCC.CN=Nc1c(C)cc2cccc(C)c2c1O.CN=Nc1c(C)cc2ccccc2c1O.Cc1cc2cccc(C)c2c(O)c1N=Nc1ccccc1.Cc1cc2ccccc2c(O)c1N=Nc1ccccc1.c1ccc2ccccc2c1.c1ccc2ccccc2c1. The third kappa shape index (κ3) is 38.3. The first kappa shape index (κ1) is 113. The molecule has 0 fully saturated rings. The van der Waals surface area contributed by atoms with Crippen LogP contribution >= 0.6 is 0 Å². The van der Waals surface area contributed by atoms with Crippen LogP contribution < -0.4 is 0 Å². The van der Waals surface area contributed by atoms with Gasteiger partial charge in [0.2, 0.25) is 0 Å². The molecule has 4 N–H and O–H groups in total. The number of phenols is 4. The van der Waals surface area contributed by atoms with Gasteiger partial charge in [-0.1, -0.05) is 397 Å². The van der Waals surface area contributed by atoms with Crippen LogP contribution in [0.15, 0.2) is 308 Å². The van der Waals surface area contributed by atoms with Crippen molar-refractivity contribution in [1.82, 2.24) is 0 Å². The first-order valence-electron chi connectivity index (χ1n) is 42.8. The Morgan fingerprint density at radius 1 is 0.203 bits per heavy atom. The van der Waals surface area contributed by atoms with Crippen molar-refractivity contribution < 1.29 is 20.4 Å². The standard InChI is InChI=1S/C18H16N2O.C17H14N2O.C13H14N2O.C12H12N2O.2C10H8.2C3H8.10C2H6/c1-12-7-6-8-14-11-13(2)17(18(21)16(12)14)20-19-15-9-4-3-5-10-15;1-12-11-13-7-5-6-10-15(13)17(20)16(12)19-18-14-8-3-2-4-9-14;1-8-5-4-6-10-7-9(2)12(15-14-3)13(16)11(8)10;1-8-7-9-5-3-4-6-10(9)12(15)11(8)14-13-2;2*1-2-6-10-8-4-3-7-9(10)5-1;2*1-3-2;10*1-2/h3-11,21H,1-2H3;2-11,20H,1H3;4-7,16H,1-3H3;3-7,15H,1-2H3;2*1-8H;2*3H2,1-2H3;10*1-2H3. The van der Waals surface area contributed by atoms with Gasteiger partial charge in [-0.15, -0.1) is 10.2 Å². The summed E-state index contributed by atoms with van der Waals surface area (Å²) in [7, 11) is 3.19. The molecule has 12 heteroatoms. The minimum Gasteiger partial charge on any atom is -0.505 e. The fraction of sp³-hybridized carbons (Fsp3) is 0.321. The lowest BCUT2D eigenvalue weighted by molar-refractivity contribution is 0.481. The molecule has 0 atom stereocenters. The fourth-order valence-corrected chi connectivity index (χ4v) is 10.6. The lowest BCUT2D eigenvalue weighted by Crippen LogP contribution is -1.83. The molecule has 14 rings (SSSR count). The Kier molecular flexibility index (Phi) is 68.5. The monoisotopic (exact) mass is 1600 g/mol. The molecule has 12 nitrogen and oxygen atoms in total. The molecule has 0 aromatic heterocycles. The lowest BCUT2D eigenvalue weighted by Gasteiger charge is -2.09. The number of aromatic hydroxyl groups is 4. The van der Waals surface area contributed by atoms with Gasteiger partial charge in [0.25, 0.3) is 0 Å². The smallest absolute Gasteiger partial charge is 0.151 e. The quantitative estimate of drug-likeness (QED) is 0.121. The zero-order valence-corrected chi connectivity index (χ0v) is 78.2. The second-order valence-corrected chi connectivity index (χ2v) is 23.1. The zero-order valence-electron chi connectivity index (χ0n) is 78.2. The minimum absolute atomic E-state index is 0.181. The summed E-state index contributed by atoms with van der Waals surface area (Å²) in [6.07, 6.45) is 2.50. The van der Waals surface area contributed by atoms with Crippen LogP contribution in [0.1, 0.15) is 212 Å². The summed E-state index contributed by atoms with van der Waals surface area (Å²) in [5, 5.41) is 85.8. The highest BCUT2D eigenvalue weighted by Gasteiger charge is 2.15. The zero-order chi connectivity index (χ0) is 90.3. The van der Waals surface area contributed by atoms with Crippen molar-refractivity contribution in [3.05, 3.63) is 300 Å². The Morgan fingerprint density at radius 2 is 0.398 bits per heavy atom. The Balaban J connectivity index is -0.000000632. The maximum atomic E-state index is 10.5. The van der Waals surface area contributed by atoms with E-state index in [0.29, 0.717) is 22.7 Å². The second kappa shape index (κ2) is 71.8. The van der Waals surface area contributed by atoms with Crippen LogP contribution in [0.5, 0.6) is 23.0 Å². The Hall–Kier alpha value is -11.8. The van der Waals surface area contributed by atoms with Crippen LogP contribution in [0.4, 0.5) is 34.1 Å². The van der Waals surface area contributed by atoms with Crippen molar-refractivity contribution in [3.8, 4) is 23.0 Å². The molecule has 118 heavy (non-hydrogen) atoms. The maximum Gasteiger partial charge on any atom is 0.151 e. The van der Waals surface area contributed by atoms with Crippen LogP contribution in [0.3, 0.4) is 0 Å². The van der Waals surface area contributed by atoms with E-state index in [9.17, 15) is 20.4 Å². The molecule has 0 spiro atoms. The summed E-state index contributed by atoms with van der Waals surface area (Å²) in [5.74, 6) is 0.804. The van der Waals surface area contributed by atoms with E-state index < -0.39 is 0 Å². The van der Waals surface area contributed by atoms with Gasteiger partial charge in [0, 0.05) is 35.6 Å². The van der Waals surface area contributed by atoms with E-state index in [0.717, 1.165) is 87.8 Å². The van der Waals surface area contributed by atoms with Gasteiger partial charge in [0.05, 0.1) is 11.4 Å². The van der Waals surface area contributed by atoms with Crippen molar-refractivity contribution >= 4 is 98.8 Å². The molecule has 0 unspecified atom stereocenters. The molecule has 14 aromatic rings. The van der Waals surface area contributed by atoms with E-state index in [1.54, 1.807) is 14.1 Å². The molecule has 0 bridgehead atoms. The van der Waals surface area contributed by atoms with Gasteiger partial charge in [-0.25, -0.2) is 0 Å². The molecule has 0 amide bonds. The predicted octanol–water partition coefficient (Wildman–Crippen LogP) is 37.1. The summed E-state index contributed by atoms with van der Waals surface area (Å²) >= 11 is 0. The van der Waals surface area contributed by atoms with Crippen molar-refractivity contribution in [3.63, 3.8) is 0 Å². The first-order valence-corrected chi connectivity index (χ1v) is 42.8. The van der Waals surface area contributed by atoms with Gasteiger partial charge in [-0.2, -0.15) is 30.7 Å². The van der Waals surface area contributed by atoms with Gasteiger partial charge in [-0.3, -0.25) is 0 Å². The predicted molar refractivity (Wildman–Crippen MR) is 526 cm³/mol. The van der Waals surface area contributed by atoms with Gasteiger partial charge in [-0.05, 0) is 167 Å². The van der Waals surface area contributed by atoms with E-state index in [1.165, 1.54) is 34.4 Å². The first-order chi connectivity index (χ1) is 57.6. The summed E-state index contributed by atoms with van der Waals surface area (Å²) in [4.78, 5) is 0. The van der Waals surface area contributed by atoms with Crippen molar-refractivity contribution in [2.24, 2.45) is 40.9 Å². The summed E-state index contributed by atoms with van der Waals surface area (Å²) in [6, 6.07) is 87.8. The molecule has 636 valence electrons. The highest BCUT2D eigenvalue weighted by molar-refractivity contribution is 5.98. The number of fused-ring (bicyclic) bond motifs is 6. The number of aryl methyl sites for hydroxylation is 6. The van der Waals surface area contributed by atoms with E-state index in [2.05, 4.69) is 166 Å². The van der Waals surface area contributed by atoms with Gasteiger partial charge >= 0.3 is 0 Å². The number of benzene rings is 14. The topological polar surface area (TPSA) is 180 Å². The van der Waals surface area contributed by atoms with E-state index in [1.807, 2.05) is 350 Å². The number of phenolic OH excluding ortho intramolecular Hbond substituents is 4. The van der Waals surface area contributed by atoms with Crippen LogP contribution in [-0.4, -0.2) is 34.5 Å². The number of rotatable bonds is 6. The van der Waals surface area contributed by atoms with Crippen LogP contribution in [0.2, 0.25) is 0 Å². The fourth-order valence-electron chi connectivity index (χ4n) is 10.6. The normalized spacial score (nSPS) is 9.42. The number of nitrogens with zero attached hydrogens (tertiary/aromatic N) is 8. The third-order valence-electron chi connectivity index (χ3n) is 15.2. The third-order valence-corrected chi connectivity index (χ3v) is 15.2. The van der Waals surface area contributed by atoms with Crippen LogP contribution in [-0.2, 0) is 0 Å². The number of azo groups is 4. The van der Waals surface area contributed by atoms with Gasteiger partial charge in [0.15, 0.2) is 23.0 Å². The Morgan fingerprint density at radius 3 is 0.653 bits per heavy atom. The average Bonchev–Trinajstić information content (AvgIpc) is 0.797. The second-order valence-electron chi connectivity index (χ2n) is 23.1. The number of hydrogen-bond acceptors (Lipinski definition) is 12. The van der Waals surface area contributed by atoms with Crippen LogP contribution in [0, 0.1) is 41.5 Å². The van der Waals surface area contributed by atoms with Crippen molar-refractivity contribution in [1.29, 1.82) is 0 Å². The van der Waals surface area contributed by atoms with E-state index >= 15 is 0 Å². The highest BCUT2D eigenvalue weighted by atomic mass is 16.3. The minimum atomic E-state index is 0.181. The molecule has 0 saturated carbocycles. The molecular formula is C106H148N8O4. The van der Waals surface area contributed by atoms with Crippen LogP contribution in [0.25, 0.3) is 64.6 Å². The van der Waals surface area contributed by atoms with E-state index in [-0.39, 0.29) is 23.0 Å². The summed E-state index contributed by atoms with van der Waals surface area (Å²) in [6.45, 7) is 60.1. The Labute approximate surface area is 713 Å². The number of hydrogen-bond donors (Lipinski definition) is 4. The molecule has 0 aliphatic heterocycles. The van der Waals surface area contributed by atoms with Crippen molar-refractivity contribution in [2.45, 2.75) is 221 Å². The molecule has 0 saturated heterocycles. The molecule has 14 aromatic carbocycles. The summed E-state index contributed by atoms with van der Waals surface area (Å²) in [5.41, 5.74) is 9.43. The largest absolute Gasteiger partial charge is 0.505 e. The lowest BCUT2D eigenvalue weighted by atomic mass is 10.0. The molecule has 0 aliphatic carbocycles. The summed E-state index contributed by atoms with van der Waals surface area (Å²) < 4.78 is 0. The average molecular weight is 1600 g/mol. The highest BCUT2D eigenvalue weighted by Crippen LogP contribution is 2.43. The van der Waals surface area contributed by atoms with Gasteiger partial charge in [0.1, 0.15) is 22.7 Å². The Bertz CT molecular complexity index is 4810. The maximum absolute atomic E-state index is 10.5. The molecule has 0 heterocycles. The molecule has 0 aliphatic rings. The molecular weight excluding hydrogens is 1450 g/mol. The van der Waals surface area contributed by atoms with E-state index in [4.69, 9.17) is 0 Å². The van der Waals surface area contributed by atoms with Crippen molar-refractivity contribution in [2.75, 3.05) is 14.1 Å². The van der Waals surface area contributed by atoms with Gasteiger partial charge < -0.3 is 20.4 Å². The molecule has 0 radical (unpaired) electrons.